The third-order valence-corrected chi connectivity index (χ3v) is 3.78. The maximum Gasteiger partial charge on any atom is 0.338 e. The second-order valence-corrected chi connectivity index (χ2v) is 6.10. The zero-order chi connectivity index (χ0) is 14.0. The Bertz CT molecular complexity index is 485. The fourth-order valence-corrected chi connectivity index (χ4v) is 2.84. The minimum atomic E-state index is -1.23. The minimum Gasteiger partial charge on any atom is -0.478 e. The van der Waals surface area contributed by atoms with Crippen LogP contribution in [0.5, 0.6) is 0 Å². The third kappa shape index (κ3) is 3.46. The molecule has 0 heterocycles. The highest BCUT2D eigenvalue weighted by Gasteiger charge is 2.27. The van der Waals surface area contributed by atoms with Crippen molar-refractivity contribution in [2.45, 2.75) is 45.6 Å². The van der Waals surface area contributed by atoms with Crippen LogP contribution in [-0.4, -0.2) is 17.1 Å². The molecule has 1 saturated carbocycles. The number of hydrogen-bond donors (Lipinski definition) is 2. The van der Waals surface area contributed by atoms with Gasteiger partial charge in [-0.3, -0.25) is 0 Å². The normalized spacial score (nSPS) is 21.9. The number of aromatic carboxylic acids is 1. The van der Waals surface area contributed by atoms with Gasteiger partial charge < -0.3 is 10.4 Å². The molecule has 1 atom stereocenters. The minimum absolute atomic E-state index is 0.283. The molecule has 4 heteroatoms. The monoisotopic (exact) mass is 265 g/mol. The first-order valence-electron chi connectivity index (χ1n) is 6.67. The average molecular weight is 265 g/mol. The van der Waals surface area contributed by atoms with Crippen LogP contribution in [0.3, 0.4) is 0 Å². The first kappa shape index (κ1) is 13.8. The third-order valence-electron chi connectivity index (χ3n) is 3.78. The Kier molecular flexibility index (Phi) is 3.78. The second kappa shape index (κ2) is 5.19. The van der Waals surface area contributed by atoms with E-state index in [0.29, 0.717) is 17.1 Å². The Balaban J connectivity index is 2.07. The van der Waals surface area contributed by atoms with Crippen LogP contribution in [0, 0.1) is 11.2 Å². The summed E-state index contributed by atoms with van der Waals surface area (Å²) < 4.78 is 13.6. The fourth-order valence-electron chi connectivity index (χ4n) is 2.84. The van der Waals surface area contributed by atoms with E-state index in [1.807, 2.05) is 0 Å². The number of carboxylic acid groups (broad SMARTS) is 1. The SMILES string of the molecule is CC1(C)CCCC(Nc2ccc(C(=O)O)c(F)c2)C1. The lowest BCUT2D eigenvalue weighted by atomic mass is 9.75. The van der Waals surface area contributed by atoms with Crippen molar-refractivity contribution >= 4 is 11.7 Å². The Morgan fingerprint density at radius 2 is 2.21 bits per heavy atom. The van der Waals surface area contributed by atoms with Gasteiger partial charge in [0.05, 0.1) is 5.56 Å². The molecule has 3 nitrogen and oxygen atoms in total. The molecule has 2 rings (SSSR count). The van der Waals surface area contributed by atoms with E-state index in [0.717, 1.165) is 12.8 Å². The molecule has 0 aliphatic heterocycles. The molecule has 0 radical (unpaired) electrons. The number of anilines is 1. The standard InChI is InChI=1S/C15H20FNO2/c1-15(2)7-3-4-11(9-15)17-10-5-6-12(14(18)19)13(16)8-10/h5-6,8,11,17H,3-4,7,9H2,1-2H3,(H,18,19). The molecule has 0 saturated heterocycles. The number of benzene rings is 1. The van der Waals surface area contributed by atoms with Crippen molar-refractivity contribution in [3.05, 3.63) is 29.6 Å². The van der Waals surface area contributed by atoms with Gasteiger partial charge in [0.25, 0.3) is 0 Å². The van der Waals surface area contributed by atoms with E-state index in [2.05, 4.69) is 19.2 Å². The van der Waals surface area contributed by atoms with Gasteiger partial charge in [-0.05, 0) is 42.9 Å². The van der Waals surface area contributed by atoms with E-state index in [1.54, 1.807) is 6.07 Å². The molecular weight excluding hydrogens is 245 g/mol. The zero-order valence-corrected chi connectivity index (χ0v) is 11.4. The molecular formula is C15H20FNO2. The van der Waals surface area contributed by atoms with E-state index in [9.17, 15) is 9.18 Å². The topological polar surface area (TPSA) is 49.3 Å². The highest BCUT2D eigenvalue weighted by Crippen LogP contribution is 2.36. The summed E-state index contributed by atoms with van der Waals surface area (Å²) in [5.41, 5.74) is 0.690. The summed E-state index contributed by atoms with van der Waals surface area (Å²) in [6.45, 7) is 4.49. The van der Waals surface area contributed by atoms with Crippen LogP contribution >= 0.6 is 0 Å². The van der Waals surface area contributed by atoms with Gasteiger partial charge >= 0.3 is 5.97 Å². The molecule has 0 spiro atoms. The summed E-state index contributed by atoms with van der Waals surface area (Å²) in [4.78, 5) is 10.7. The molecule has 0 bridgehead atoms. The maximum absolute atomic E-state index is 13.6. The molecule has 1 aromatic rings. The van der Waals surface area contributed by atoms with Crippen LogP contribution in [0.15, 0.2) is 18.2 Å². The number of carbonyl (C=O) groups is 1. The van der Waals surface area contributed by atoms with E-state index < -0.39 is 11.8 Å². The van der Waals surface area contributed by atoms with Crippen molar-refractivity contribution in [2.24, 2.45) is 5.41 Å². The molecule has 1 aromatic carbocycles. The summed E-state index contributed by atoms with van der Waals surface area (Å²) in [5, 5.41) is 12.1. The van der Waals surface area contributed by atoms with Gasteiger partial charge in [-0.1, -0.05) is 20.3 Å². The number of rotatable bonds is 3. The summed E-state index contributed by atoms with van der Waals surface area (Å²) >= 11 is 0. The van der Waals surface area contributed by atoms with Crippen molar-refractivity contribution in [1.82, 2.24) is 0 Å². The van der Waals surface area contributed by atoms with E-state index in [-0.39, 0.29) is 5.56 Å². The first-order valence-corrected chi connectivity index (χ1v) is 6.67. The van der Waals surface area contributed by atoms with Crippen molar-refractivity contribution in [3.8, 4) is 0 Å². The van der Waals surface area contributed by atoms with Crippen molar-refractivity contribution in [2.75, 3.05) is 5.32 Å². The zero-order valence-electron chi connectivity index (χ0n) is 11.4. The summed E-state index contributed by atoms with van der Waals surface area (Å²) in [6, 6.07) is 4.55. The summed E-state index contributed by atoms with van der Waals surface area (Å²) in [6.07, 6.45) is 4.51. The van der Waals surface area contributed by atoms with Gasteiger partial charge in [0.2, 0.25) is 0 Å². The second-order valence-electron chi connectivity index (χ2n) is 6.10. The van der Waals surface area contributed by atoms with Crippen molar-refractivity contribution in [3.63, 3.8) is 0 Å². The molecule has 0 amide bonds. The van der Waals surface area contributed by atoms with Gasteiger partial charge in [-0.25, -0.2) is 9.18 Å². The molecule has 104 valence electrons. The Morgan fingerprint density at radius 3 is 2.79 bits per heavy atom. The van der Waals surface area contributed by atoms with Gasteiger partial charge in [0, 0.05) is 11.7 Å². The first-order chi connectivity index (χ1) is 8.87. The lowest BCUT2D eigenvalue weighted by Crippen LogP contribution is -2.31. The average Bonchev–Trinajstić information content (AvgIpc) is 2.27. The Labute approximate surface area is 112 Å². The Hall–Kier alpha value is -1.58. The fraction of sp³-hybridized carbons (Fsp3) is 0.533. The van der Waals surface area contributed by atoms with Crippen molar-refractivity contribution in [1.29, 1.82) is 0 Å². The molecule has 1 unspecified atom stereocenters. The lowest BCUT2D eigenvalue weighted by Gasteiger charge is -2.36. The number of hydrogen-bond acceptors (Lipinski definition) is 2. The van der Waals surface area contributed by atoms with Gasteiger partial charge in [-0.2, -0.15) is 0 Å². The summed E-state index contributed by atoms with van der Waals surface area (Å²) in [7, 11) is 0. The Morgan fingerprint density at radius 1 is 1.47 bits per heavy atom. The smallest absolute Gasteiger partial charge is 0.338 e. The lowest BCUT2D eigenvalue weighted by molar-refractivity contribution is 0.0692. The predicted molar refractivity (Wildman–Crippen MR) is 73.0 cm³/mol. The van der Waals surface area contributed by atoms with Crippen LogP contribution in [-0.2, 0) is 0 Å². The van der Waals surface area contributed by atoms with Gasteiger partial charge in [0.15, 0.2) is 0 Å². The molecule has 0 aromatic heterocycles. The molecule has 1 aliphatic rings. The van der Waals surface area contributed by atoms with Crippen LogP contribution in [0.2, 0.25) is 0 Å². The van der Waals surface area contributed by atoms with Crippen LogP contribution in [0.25, 0.3) is 0 Å². The summed E-state index contributed by atoms with van der Waals surface area (Å²) in [5.74, 6) is -1.92. The van der Waals surface area contributed by atoms with E-state index >= 15 is 0 Å². The van der Waals surface area contributed by atoms with E-state index in [4.69, 9.17) is 5.11 Å². The van der Waals surface area contributed by atoms with E-state index in [1.165, 1.54) is 25.0 Å². The largest absolute Gasteiger partial charge is 0.478 e. The maximum atomic E-state index is 13.6. The molecule has 1 aliphatic carbocycles. The predicted octanol–water partition coefficient (Wildman–Crippen LogP) is 3.90. The van der Waals surface area contributed by atoms with Crippen LogP contribution < -0.4 is 5.32 Å². The van der Waals surface area contributed by atoms with Gasteiger partial charge in [0.1, 0.15) is 5.82 Å². The quantitative estimate of drug-likeness (QED) is 0.871. The number of nitrogens with one attached hydrogen (secondary N) is 1. The van der Waals surface area contributed by atoms with Crippen LogP contribution in [0.4, 0.5) is 10.1 Å². The van der Waals surface area contributed by atoms with Gasteiger partial charge in [-0.15, -0.1) is 0 Å². The van der Waals surface area contributed by atoms with Crippen molar-refractivity contribution < 1.29 is 14.3 Å². The van der Waals surface area contributed by atoms with Crippen LogP contribution in [0.1, 0.15) is 49.9 Å². The highest BCUT2D eigenvalue weighted by molar-refractivity contribution is 5.88. The molecule has 1 fully saturated rings. The molecule has 19 heavy (non-hydrogen) atoms. The number of halogens is 1. The highest BCUT2D eigenvalue weighted by atomic mass is 19.1. The number of carboxylic acids is 1. The molecule has 2 N–H and O–H groups in total.